The highest BCUT2D eigenvalue weighted by Gasteiger charge is 2.50. The zero-order valence-corrected chi connectivity index (χ0v) is 13.5. The first-order chi connectivity index (χ1) is 9.52. The van der Waals surface area contributed by atoms with E-state index in [1.54, 1.807) is 0 Å². The number of rotatable bonds is 2. The molecule has 4 radical (unpaired) electrons. The molecule has 1 saturated carbocycles. The molecule has 0 aromatic heterocycles. The van der Waals surface area contributed by atoms with Crippen LogP contribution in [0.4, 0.5) is 0 Å². The number of hydrogen-bond acceptors (Lipinski definition) is 2. The fraction of sp³-hybridized carbons (Fsp3) is 1.00. The maximum atomic E-state index is 6.51. The molecule has 2 heterocycles. The van der Waals surface area contributed by atoms with Crippen molar-refractivity contribution in [2.45, 2.75) is 58.2 Å². The smallest absolute Gasteiger partial charge is 0.0828 e. The minimum atomic E-state index is -0.628. The van der Waals surface area contributed by atoms with E-state index in [2.05, 4.69) is 11.8 Å². The van der Waals surface area contributed by atoms with Crippen LogP contribution in [-0.2, 0) is 4.74 Å². The summed E-state index contributed by atoms with van der Waals surface area (Å²) < 4.78 is 5.42. The first kappa shape index (κ1) is 16.4. The van der Waals surface area contributed by atoms with Gasteiger partial charge in [-0.2, -0.15) is 0 Å². The lowest BCUT2D eigenvalue weighted by molar-refractivity contribution is 0.0364. The van der Waals surface area contributed by atoms with Gasteiger partial charge in [0.05, 0.1) is 15.7 Å². The van der Waals surface area contributed by atoms with E-state index in [9.17, 15) is 0 Å². The molecule has 0 spiro atoms. The number of ether oxygens (including phenoxy) is 1. The molecular weight excluding hydrogens is 244 g/mol. The second-order valence-corrected chi connectivity index (χ2v) is 6.90. The summed E-state index contributed by atoms with van der Waals surface area (Å²) in [6, 6.07) is 0. The van der Waals surface area contributed by atoms with Crippen LogP contribution < -0.4 is 0 Å². The third kappa shape index (κ3) is 2.97. The maximum absolute atomic E-state index is 6.51. The van der Waals surface area contributed by atoms with E-state index >= 15 is 0 Å². The van der Waals surface area contributed by atoms with E-state index in [-0.39, 0.29) is 0 Å². The molecule has 2 aliphatic heterocycles. The molecule has 20 heavy (non-hydrogen) atoms. The molecule has 2 atom stereocenters. The van der Waals surface area contributed by atoms with Gasteiger partial charge >= 0.3 is 0 Å². The zero-order chi connectivity index (χ0) is 14.8. The number of likely N-dealkylation sites (tertiary alicyclic amines) is 1. The molecule has 4 heteroatoms. The standard InChI is InChI=1S/C14H23B2NO.C2H6/c1-13-6-2-3-12(13)9-17(10-13)14(15,16)11-4-7-18-8-5-11;1-2/h11-12H,2-10H2,1H3;1-2H3/t12-,13+;/m1./s1. The molecule has 2 nitrogen and oxygen atoms in total. The number of fused-ring (bicyclic) bond motifs is 1. The van der Waals surface area contributed by atoms with Crippen LogP contribution in [0.15, 0.2) is 0 Å². The molecule has 1 aliphatic carbocycles. The van der Waals surface area contributed by atoms with Crippen LogP contribution >= 0.6 is 0 Å². The number of hydrogen-bond donors (Lipinski definition) is 0. The summed E-state index contributed by atoms with van der Waals surface area (Å²) >= 11 is 0. The van der Waals surface area contributed by atoms with Gasteiger partial charge in [0.1, 0.15) is 0 Å². The van der Waals surface area contributed by atoms with Crippen molar-refractivity contribution >= 4 is 15.7 Å². The molecule has 3 rings (SSSR count). The van der Waals surface area contributed by atoms with Gasteiger partial charge < -0.3 is 9.64 Å². The Morgan fingerprint density at radius 1 is 1.15 bits per heavy atom. The van der Waals surface area contributed by atoms with Gasteiger partial charge in [-0.05, 0) is 42.9 Å². The first-order valence-corrected chi connectivity index (χ1v) is 8.43. The third-order valence-electron chi connectivity index (χ3n) is 5.70. The van der Waals surface area contributed by atoms with Crippen molar-refractivity contribution in [3.05, 3.63) is 0 Å². The maximum Gasteiger partial charge on any atom is 0.0828 e. The van der Waals surface area contributed by atoms with Crippen LogP contribution in [-0.4, -0.2) is 52.2 Å². The minimum absolute atomic E-state index is 0.383. The monoisotopic (exact) mass is 273 g/mol. The fourth-order valence-electron chi connectivity index (χ4n) is 4.30. The Morgan fingerprint density at radius 2 is 1.80 bits per heavy atom. The van der Waals surface area contributed by atoms with Crippen LogP contribution in [0.2, 0.25) is 0 Å². The molecule has 0 bridgehead atoms. The molecule has 0 aromatic carbocycles. The van der Waals surface area contributed by atoms with Crippen molar-refractivity contribution in [1.82, 2.24) is 4.90 Å². The lowest BCUT2D eigenvalue weighted by Gasteiger charge is -2.46. The molecular formula is C16H29B2NO. The molecule has 0 unspecified atom stereocenters. The second kappa shape index (κ2) is 6.44. The average molecular weight is 273 g/mol. The Morgan fingerprint density at radius 3 is 2.40 bits per heavy atom. The summed E-state index contributed by atoms with van der Waals surface area (Å²) in [5, 5.41) is -0.628. The van der Waals surface area contributed by atoms with E-state index in [4.69, 9.17) is 20.4 Å². The third-order valence-corrected chi connectivity index (χ3v) is 5.70. The van der Waals surface area contributed by atoms with Crippen LogP contribution in [0.3, 0.4) is 0 Å². The highest BCUT2D eigenvalue weighted by molar-refractivity contribution is 6.40. The molecule has 3 fully saturated rings. The lowest BCUT2D eigenvalue weighted by atomic mass is 9.52. The van der Waals surface area contributed by atoms with Crippen molar-refractivity contribution in [1.29, 1.82) is 0 Å². The summed E-state index contributed by atoms with van der Waals surface area (Å²) in [6.07, 6.45) is 6.10. The quantitative estimate of drug-likeness (QED) is 0.717. The second-order valence-electron chi connectivity index (χ2n) is 6.90. The summed E-state index contributed by atoms with van der Waals surface area (Å²) in [6.45, 7) is 10.2. The van der Waals surface area contributed by atoms with Gasteiger partial charge in [-0.25, -0.2) is 0 Å². The first-order valence-electron chi connectivity index (χ1n) is 8.43. The summed E-state index contributed by atoms with van der Waals surface area (Å²) in [7, 11) is 13.0. The van der Waals surface area contributed by atoms with Crippen molar-refractivity contribution in [3.63, 3.8) is 0 Å². The largest absolute Gasteiger partial charge is 0.381 e. The van der Waals surface area contributed by atoms with Gasteiger partial charge in [0.15, 0.2) is 0 Å². The van der Waals surface area contributed by atoms with Gasteiger partial charge in [-0.1, -0.05) is 32.5 Å². The Bertz CT molecular complexity index is 318. The summed E-state index contributed by atoms with van der Waals surface area (Å²) in [5.41, 5.74) is 0.467. The van der Waals surface area contributed by atoms with Crippen LogP contribution in [0.25, 0.3) is 0 Å². The van der Waals surface area contributed by atoms with Crippen molar-refractivity contribution in [2.75, 3.05) is 26.3 Å². The van der Waals surface area contributed by atoms with Crippen LogP contribution in [0, 0.1) is 17.3 Å². The van der Waals surface area contributed by atoms with Crippen molar-refractivity contribution in [2.24, 2.45) is 17.3 Å². The Labute approximate surface area is 127 Å². The number of nitrogens with zero attached hydrogens (tertiary/aromatic N) is 1. The Kier molecular flexibility index (Phi) is 5.29. The van der Waals surface area contributed by atoms with Gasteiger partial charge in [-0.15, -0.1) is 0 Å². The molecule has 110 valence electrons. The van der Waals surface area contributed by atoms with Crippen LogP contribution in [0.5, 0.6) is 0 Å². The topological polar surface area (TPSA) is 12.5 Å². The fourth-order valence-corrected chi connectivity index (χ4v) is 4.30. The van der Waals surface area contributed by atoms with E-state index < -0.39 is 5.34 Å². The van der Waals surface area contributed by atoms with Crippen molar-refractivity contribution in [3.8, 4) is 0 Å². The van der Waals surface area contributed by atoms with Gasteiger partial charge in [0.2, 0.25) is 0 Å². The molecule has 0 N–H and O–H groups in total. The van der Waals surface area contributed by atoms with Crippen molar-refractivity contribution < 1.29 is 4.74 Å². The Hall–Kier alpha value is 0.0499. The molecule has 3 aliphatic rings. The van der Waals surface area contributed by atoms with Gasteiger partial charge in [0.25, 0.3) is 0 Å². The summed E-state index contributed by atoms with van der Waals surface area (Å²) in [5.74, 6) is 1.19. The highest BCUT2D eigenvalue weighted by Crippen LogP contribution is 2.50. The normalized spacial score (nSPS) is 35.5. The predicted octanol–water partition coefficient (Wildman–Crippen LogP) is 2.55. The summed E-state index contributed by atoms with van der Waals surface area (Å²) in [4.78, 5) is 2.37. The zero-order valence-electron chi connectivity index (χ0n) is 13.5. The minimum Gasteiger partial charge on any atom is -0.381 e. The highest BCUT2D eigenvalue weighted by atomic mass is 16.5. The van der Waals surface area contributed by atoms with E-state index in [1.165, 1.54) is 19.3 Å². The molecule has 2 saturated heterocycles. The molecule has 0 amide bonds. The van der Waals surface area contributed by atoms with Crippen LogP contribution in [0.1, 0.15) is 52.9 Å². The lowest BCUT2D eigenvalue weighted by Crippen LogP contribution is -2.56. The SMILES string of the molecule is CC.[B]C([B])(C1CCOCC1)N1C[C@H]2CCC[C@@]2(C)C1. The van der Waals surface area contributed by atoms with E-state index in [1.807, 2.05) is 13.8 Å². The average Bonchev–Trinajstić information content (AvgIpc) is 2.97. The molecule has 0 aromatic rings. The predicted molar refractivity (Wildman–Crippen MR) is 86.2 cm³/mol. The van der Waals surface area contributed by atoms with E-state index in [0.717, 1.165) is 45.1 Å². The van der Waals surface area contributed by atoms with Gasteiger partial charge in [-0.3, -0.25) is 0 Å². The van der Waals surface area contributed by atoms with Gasteiger partial charge in [0, 0.05) is 26.3 Å². The van der Waals surface area contributed by atoms with E-state index in [0.29, 0.717) is 11.3 Å². The Balaban J connectivity index is 0.000000704.